The van der Waals surface area contributed by atoms with Gasteiger partial charge >= 0.3 is 63.3 Å². The van der Waals surface area contributed by atoms with Crippen LogP contribution in [0.4, 0.5) is 0 Å². The summed E-state index contributed by atoms with van der Waals surface area (Å²) in [7, 11) is 0. The topological polar surface area (TPSA) is 144 Å². The first-order valence-corrected chi connectivity index (χ1v) is 10.9. The summed E-state index contributed by atoms with van der Waals surface area (Å²) in [6.07, 6.45) is 11.7. The fourth-order valence-corrected chi connectivity index (χ4v) is 1.93. The number of para-hydroxylation sites is 1. The van der Waals surface area contributed by atoms with E-state index in [2.05, 4.69) is 0 Å². The van der Waals surface area contributed by atoms with Gasteiger partial charge in [0.25, 0.3) is 0 Å². The van der Waals surface area contributed by atoms with Crippen LogP contribution in [0.5, 0.6) is 5.75 Å². The molecule has 0 radical (unpaired) electrons. The van der Waals surface area contributed by atoms with Gasteiger partial charge in [-0.15, -0.1) is 0 Å². The summed E-state index contributed by atoms with van der Waals surface area (Å²) in [5.74, 6) is -2.61. The molecule has 0 amide bonds. The second-order valence-corrected chi connectivity index (χ2v) is 6.31. The largest absolute Gasteiger partial charge is 1.00 e. The molecule has 0 aliphatic carbocycles. The van der Waals surface area contributed by atoms with E-state index in [9.17, 15) is 24.6 Å². The Bertz CT molecular complexity index is 964. The molecule has 0 aliphatic heterocycles. The summed E-state index contributed by atoms with van der Waals surface area (Å²) in [4.78, 5) is 30.5. The van der Waals surface area contributed by atoms with Gasteiger partial charge in [0.15, 0.2) is 0 Å². The number of phenolic OH excluding ortho intramolecular Hbond substituents is 1. The van der Waals surface area contributed by atoms with Crippen LogP contribution in [0.15, 0.2) is 103 Å². The summed E-state index contributed by atoms with van der Waals surface area (Å²) in [5, 5.41) is 35.4. The van der Waals surface area contributed by atoms with Crippen molar-refractivity contribution in [1.82, 2.24) is 0 Å². The Morgan fingerprint density at radius 1 is 0.865 bits per heavy atom. The van der Waals surface area contributed by atoms with Gasteiger partial charge in [0.1, 0.15) is 11.3 Å². The quantitative estimate of drug-likeness (QED) is 0.204. The summed E-state index contributed by atoms with van der Waals surface area (Å²) >= 11 is 0. The van der Waals surface area contributed by atoms with Crippen molar-refractivity contribution in [3.05, 3.63) is 114 Å². The Balaban J connectivity index is -0.000000421. The molecule has 0 heterocycles. The SMILES string of the molecule is C/C=C/C=C/C(=O)O.C/C=C/C=C/C(=O)[O-].CCOC(=O)c1ccccc1O.OCc1ccccc1.[K+]. The van der Waals surface area contributed by atoms with Crippen molar-refractivity contribution in [1.29, 1.82) is 0 Å². The monoisotopic (exact) mass is 536 g/mol. The van der Waals surface area contributed by atoms with Crippen LogP contribution in [0.1, 0.15) is 36.7 Å². The number of carboxylic acid groups (broad SMARTS) is 2. The van der Waals surface area contributed by atoms with Crippen molar-refractivity contribution in [3.63, 3.8) is 0 Å². The van der Waals surface area contributed by atoms with Crippen LogP contribution in [0.25, 0.3) is 0 Å². The number of hydrogen-bond acceptors (Lipinski definition) is 7. The van der Waals surface area contributed by atoms with Gasteiger partial charge in [-0.1, -0.05) is 78.9 Å². The summed E-state index contributed by atoms with van der Waals surface area (Å²) in [5.41, 5.74) is 1.17. The normalized spacial score (nSPS) is 9.84. The van der Waals surface area contributed by atoms with Crippen molar-refractivity contribution >= 4 is 17.9 Å². The molecule has 0 spiro atoms. The maximum Gasteiger partial charge on any atom is 1.00 e. The number of carbonyl (C=O) groups excluding carboxylic acids is 2. The molecule has 3 N–H and O–H groups in total. The molecule has 0 bridgehead atoms. The Morgan fingerprint density at radius 3 is 1.78 bits per heavy atom. The first-order valence-electron chi connectivity index (χ1n) is 10.9. The fraction of sp³-hybridized carbons (Fsp3) is 0.179. The van der Waals surface area contributed by atoms with Gasteiger partial charge < -0.3 is 30.0 Å². The van der Waals surface area contributed by atoms with Gasteiger partial charge in [0.05, 0.1) is 19.2 Å². The van der Waals surface area contributed by atoms with Crippen molar-refractivity contribution in [2.24, 2.45) is 0 Å². The second kappa shape index (κ2) is 27.8. The number of aromatic hydroxyl groups is 1. The number of aliphatic carboxylic acids is 2. The maximum absolute atomic E-state index is 11.1. The Hall–Kier alpha value is -2.79. The van der Waals surface area contributed by atoms with Gasteiger partial charge in [-0.05, 0) is 44.5 Å². The van der Waals surface area contributed by atoms with Gasteiger partial charge in [-0.25, -0.2) is 9.59 Å². The predicted octanol–water partition coefficient (Wildman–Crippen LogP) is 0.824. The van der Waals surface area contributed by atoms with Crippen molar-refractivity contribution in [2.75, 3.05) is 6.61 Å². The van der Waals surface area contributed by atoms with E-state index < -0.39 is 17.9 Å². The molecule has 0 saturated heterocycles. The third kappa shape index (κ3) is 26.1. The zero-order chi connectivity index (χ0) is 27.6. The summed E-state index contributed by atoms with van der Waals surface area (Å²) in [6, 6.07) is 15.8. The third-order valence-electron chi connectivity index (χ3n) is 3.50. The molecule has 2 rings (SSSR count). The molecule has 0 aliphatic rings. The van der Waals surface area contributed by atoms with Gasteiger partial charge in [-0.3, -0.25) is 0 Å². The van der Waals surface area contributed by atoms with Crippen molar-refractivity contribution in [3.8, 4) is 5.75 Å². The molecule has 9 heteroatoms. The number of hydrogen-bond donors (Lipinski definition) is 3. The smallest absolute Gasteiger partial charge is 0.545 e. The van der Waals surface area contributed by atoms with E-state index in [4.69, 9.17) is 14.9 Å². The van der Waals surface area contributed by atoms with Crippen LogP contribution in [-0.2, 0) is 20.9 Å². The van der Waals surface area contributed by atoms with Gasteiger partial charge in [-0.2, -0.15) is 0 Å². The number of allylic oxidation sites excluding steroid dienone is 6. The molecule has 2 aromatic rings. The van der Waals surface area contributed by atoms with Gasteiger partial charge in [0, 0.05) is 6.08 Å². The number of aliphatic hydroxyl groups excluding tert-OH is 1. The van der Waals surface area contributed by atoms with Crippen molar-refractivity contribution in [2.45, 2.75) is 27.4 Å². The minimum absolute atomic E-state index is 0. The molecule has 194 valence electrons. The Kier molecular flexibility index (Phi) is 29.1. The maximum atomic E-state index is 11.1. The van der Waals surface area contributed by atoms with E-state index in [0.717, 1.165) is 17.7 Å². The molecule has 8 nitrogen and oxygen atoms in total. The molecular formula is C28H33KO8. The van der Waals surface area contributed by atoms with Crippen LogP contribution >= 0.6 is 0 Å². The Morgan fingerprint density at radius 2 is 1.38 bits per heavy atom. The molecule has 0 fully saturated rings. The number of phenols is 1. The Labute approximate surface area is 260 Å². The second-order valence-electron chi connectivity index (χ2n) is 6.31. The van der Waals surface area contributed by atoms with Crippen LogP contribution in [-0.4, -0.2) is 39.8 Å². The first-order chi connectivity index (χ1) is 17.2. The molecular weight excluding hydrogens is 503 g/mol. The van der Waals surface area contributed by atoms with Crippen molar-refractivity contribution < 1.29 is 90.9 Å². The zero-order valence-electron chi connectivity index (χ0n) is 21.6. The number of carbonyl (C=O) groups is 3. The summed E-state index contributed by atoms with van der Waals surface area (Å²) in [6.45, 7) is 5.80. The standard InChI is InChI=1S/C9H10O3.C7H8O.2C6H8O2.K/c1-2-12-9(11)7-5-3-4-6-8(7)10;8-6-7-4-2-1-3-5-7;2*1-2-3-4-5-6(7)8;/h3-6,10H,2H2,1H3;1-5,8H,6H2;2*2-5H,1H3,(H,7,8);/q;;;;+1/p-1/b;;2*3-2+,5-4+;. The van der Waals surface area contributed by atoms with Crippen LogP contribution in [0, 0.1) is 0 Å². The average Bonchev–Trinajstić information content (AvgIpc) is 2.86. The van der Waals surface area contributed by atoms with Crippen LogP contribution in [0.3, 0.4) is 0 Å². The molecule has 0 aromatic heterocycles. The van der Waals surface area contributed by atoms with Crippen LogP contribution < -0.4 is 56.5 Å². The average molecular weight is 537 g/mol. The molecule has 0 unspecified atom stereocenters. The number of rotatable bonds is 7. The third-order valence-corrected chi connectivity index (χ3v) is 3.50. The molecule has 0 saturated carbocycles. The molecule has 37 heavy (non-hydrogen) atoms. The van der Waals surface area contributed by atoms with E-state index >= 15 is 0 Å². The van der Waals surface area contributed by atoms with E-state index in [0.29, 0.717) is 6.61 Å². The van der Waals surface area contributed by atoms with E-state index in [1.54, 1.807) is 50.3 Å². The van der Waals surface area contributed by atoms with E-state index in [1.165, 1.54) is 24.3 Å². The predicted molar refractivity (Wildman–Crippen MR) is 137 cm³/mol. The zero-order valence-corrected chi connectivity index (χ0v) is 24.7. The van der Waals surface area contributed by atoms with Crippen LogP contribution in [0.2, 0.25) is 0 Å². The van der Waals surface area contributed by atoms with E-state index in [1.807, 2.05) is 37.3 Å². The number of esters is 1. The molecule has 0 atom stereocenters. The number of benzene rings is 2. The number of carboxylic acids is 2. The molecule has 2 aromatic carbocycles. The minimum Gasteiger partial charge on any atom is -0.545 e. The minimum atomic E-state index is -1.16. The number of aliphatic hydroxyl groups is 1. The first kappa shape index (κ1) is 38.7. The fourth-order valence-electron chi connectivity index (χ4n) is 1.93. The number of ether oxygens (including phenoxy) is 1. The van der Waals surface area contributed by atoms with Gasteiger partial charge in [0.2, 0.25) is 0 Å². The summed E-state index contributed by atoms with van der Waals surface area (Å²) < 4.78 is 4.71. The van der Waals surface area contributed by atoms with E-state index in [-0.39, 0.29) is 69.3 Å².